The fourth-order valence-corrected chi connectivity index (χ4v) is 3.33. The van der Waals surface area contributed by atoms with Gasteiger partial charge in [-0.1, -0.05) is 6.07 Å². The maximum Gasteiger partial charge on any atom is 0.573 e. The zero-order valence-electron chi connectivity index (χ0n) is 14.0. The number of benzene rings is 1. The third kappa shape index (κ3) is 4.45. The lowest BCUT2D eigenvalue weighted by atomic mass is 10.2. The van der Waals surface area contributed by atoms with Crippen molar-refractivity contribution in [3.05, 3.63) is 57.5 Å². The first-order valence-corrected chi connectivity index (χ1v) is 8.71. The van der Waals surface area contributed by atoms with Crippen LogP contribution in [0.5, 0.6) is 5.75 Å². The Labute approximate surface area is 155 Å². The minimum atomic E-state index is -4.83. The summed E-state index contributed by atoms with van der Waals surface area (Å²) in [6, 6.07) is 6.46. The summed E-state index contributed by atoms with van der Waals surface area (Å²) in [5, 5.41) is 4.86. The van der Waals surface area contributed by atoms with Crippen LogP contribution in [0.4, 0.5) is 13.2 Å². The molecule has 1 amide bonds. The van der Waals surface area contributed by atoms with Gasteiger partial charge in [0.05, 0.1) is 5.39 Å². The van der Waals surface area contributed by atoms with E-state index in [-0.39, 0.29) is 24.2 Å². The van der Waals surface area contributed by atoms with Crippen LogP contribution in [0.15, 0.2) is 40.5 Å². The molecule has 10 heteroatoms. The summed E-state index contributed by atoms with van der Waals surface area (Å²) in [7, 11) is 0. The standard InChI is InChI=1S/C17H14F3N3O3S/c1-10-22-15-13(5-8-27-15)16(25)23(10)7-6-21-14(24)11-3-2-4-12(9-11)26-17(18,19)20/h2-5,8-9H,6-7H2,1H3,(H,21,24). The number of carbonyl (C=O) groups excluding carboxylic acids is 1. The molecule has 142 valence electrons. The van der Waals surface area contributed by atoms with Crippen molar-refractivity contribution in [2.24, 2.45) is 0 Å². The molecule has 1 aromatic carbocycles. The van der Waals surface area contributed by atoms with Gasteiger partial charge in [0.15, 0.2) is 0 Å². The van der Waals surface area contributed by atoms with Gasteiger partial charge in [0.2, 0.25) is 0 Å². The molecule has 0 saturated heterocycles. The molecule has 0 aliphatic carbocycles. The number of nitrogens with one attached hydrogen (secondary N) is 1. The fraction of sp³-hybridized carbons (Fsp3) is 0.235. The highest BCUT2D eigenvalue weighted by Crippen LogP contribution is 2.23. The minimum Gasteiger partial charge on any atom is -0.406 e. The van der Waals surface area contributed by atoms with E-state index in [2.05, 4.69) is 15.0 Å². The van der Waals surface area contributed by atoms with Gasteiger partial charge in [0.1, 0.15) is 16.4 Å². The summed E-state index contributed by atoms with van der Waals surface area (Å²) in [5.74, 6) is -0.531. The summed E-state index contributed by atoms with van der Waals surface area (Å²) in [6.45, 7) is 2.00. The SMILES string of the molecule is Cc1nc2sccc2c(=O)n1CCNC(=O)c1cccc(OC(F)(F)F)c1. The van der Waals surface area contributed by atoms with Gasteiger partial charge in [-0.15, -0.1) is 24.5 Å². The van der Waals surface area contributed by atoms with E-state index in [0.717, 1.165) is 12.1 Å². The molecule has 27 heavy (non-hydrogen) atoms. The predicted molar refractivity (Wildman–Crippen MR) is 94.1 cm³/mol. The van der Waals surface area contributed by atoms with Crippen LogP contribution in [0.2, 0.25) is 0 Å². The number of alkyl halides is 3. The highest BCUT2D eigenvalue weighted by atomic mass is 32.1. The fourth-order valence-electron chi connectivity index (χ4n) is 2.53. The zero-order chi connectivity index (χ0) is 19.6. The van der Waals surface area contributed by atoms with E-state index in [1.165, 1.54) is 28.0 Å². The van der Waals surface area contributed by atoms with E-state index < -0.39 is 18.0 Å². The zero-order valence-corrected chi connectivity index (χ0v) is 14.9. The molecule has 3 aromatic rings. The second kappa shape index (κ2) is 7.39. The van der Waals surface area contributed by atoms with Crippen LogP contribution in [0, 0.1) is 6.92 Å². The Morgan fingerprint density at radius 1 is 1.33 bits per heavy atom. The minimum absolute atomic E-state index is 0.0206. The van der Waals surface area contributed by atoms with Gasteiger partial charge >= 0.3 is 6.36 Å². The van der Waals surface area contributed by atoms with Crippen LogP contribution in [-0.4, -0.2) is 28.4 Å². The molecule has 0 spiro atoms. The predicted octanol–water partition coefficient (Wildman–Crippen LogP) is 3.10. The molecule has 0 aliphatic heterocycles. The molecule has 2 aromatic heterocycles. The van der Waals surface area contributed by atoms with E-state index in [1.54, 1.807) is 18.4 Å². The first kappa shape index (κ1) is 18.9. The monoisotopic (exact) mass is 397 g/mol. The Morgan fingerprint density at radius 2 is 2.11 bits per heavy atom. The summed E-state index contributed by atoms with van der Waals surface area (Å²) < 4.78 is 42.0. The lowest BCUT2D eigenvalue weighted by molar-refractivity contribution is -0.274. The maximum atomic E-state index is 12.4. The van der Waals surface area contributed by atoms with Crippen molar-refractivity contribution in [3.63, 3.8) is 0 Å². The van der Waals surface area contributed by atoms with Crippen LogP contribution in [0.3, 0.4) is 0 Å². The number of aryl methyl sites for hydroxylation is 1. The average Bonchev–Trinajstić information content (AvgIpc) is 3.04. The number of hydrogen-bond donors (Lipinski definition) is 1. The van der Waals surface area contributed by atoms with Crippen LogP contribution in [0.25, 0.3) is 10.2 Å². The second-order valence-corrected chi connectivity index (χ2v) is 6.48. The molecule has 0 aliphatic rings. The Kier molecular flexibility index (Phi) is 5.17. The van der Waals surface area contributed by atoms with Gasteiger partial charge in [0, 0.05) is 18.7 Å². The normalized spacial score (nSPS) is 11.6. The van der Waals surface area contributed by atoms with Gasteiger partial charge in [-0.25, -0.2) is 4.98 Å². The molecule has 0 atom stereocenters. The lowest BCUT2D eigenvalue weighted by Gasteiger charge is -2.12. The van der Waals surface area contributed by atoms with Crippen molar-refractivity contribution in [2.45, 2.75) is 19.8 Å². The smallest absolute Gasteiger partial charge is 0.406 e. The Morgan fingerprint density at radius 3 is 2.85 bits per heavy atom. The molecular formula is C17H14F3N3O3S. The van der Waals surface area contributed by atoms with Crippen LogP contribution < -0.4 is 15.6 Å². The van der Waals surface area contributed by atoms with E-state index >= 15 is 0 Å². The van der Waals surface area contributed by atoms with Crippen molar-refractivity contribution in [2.75, 3.05) is 6.54 Å². The topological polar surface area (TPSA) is 73.2 Å². The number of rotatable bonds is 5. The number of thiophene rings is 1. The highest BCUT2D eigenvalue weighted by molar-refractivity contribution is 7.16. The van der Waals surface area contributed by atoms with E-state index in [9.17, 15) is 22.8 Å². The van der Waals surface area contributed by atoms with Crippen molar-refractivity contribution in [1.82, 2.24) is 14.9 Å². The third-order valence-corrected chi connectivity index (χ3v) is 4.53. The molecule has 0 radical (unpaired) electrons. The molecule has 0 bridgehead atoms. The quantitative estimate of drug-likeness (QED) is 0.718. The summed E-state index contributed by atoms with van der Waals surface area (Å²) in [6.07, 6.45) is -4.83. The number of ether oxygens (including phenoxy) is 1. The molecule has 2 heterocycles. The summed E-state index contributed by atoms with van der Waals surface area (Å²) >= 11 is 1.37. The van der Waals surface area contributed by atoms with Gasteiger partial charge in [-0.05, 0) is 36.6 Å². The van der Waals surface area contributed by atoms with Crippen LogP contribution >= 0.6 is 11.3 Å². The van der Waals surface area contributed by atoms with Gasteiger partial charge in [-0.3, -0.25) is 14.2 Å². The molecule has 0 saturated carbocycles. The van der Waals surface area contributed by atoms with Crippen molar-refractivity contribution in [1.29, 1.82) is 0 Å². The van der Waals surface area contributed by atoms with Gasteiger partial charge < -0.3 is 10.1 Å². The summed E-state index contributed by atoms with van der Waals surface area (Å²) in [4.78, 5) is 29.6. The molecule has 6 nitrogen and oxygen atoms in total. The van der Waals surface area contributed by atoms with Gasteiger partial charge in [-0.2, -0.15) is 0 Å². The van der Waals surface area contributed by atoms with Crippen molar-refractivity contribution >= 4 is 27.5 Å². The average molecular weight is 397 g/mol. The van der Waals surface area contributed by atoms with E-state index in [1.807, 2.05) is 0 Å². The number of hydrogen-bond acceptors (Lipinski definition) is 5. The Hall–Kier alpha value is -2.88. The number of aromatic nitrogens is 2. The van der Waals surface area contributed by atoms with Crippen LogP contribution in [-0.2, 0) is 6.54 Å². The van der Waals surface area contributed by atoms with E-state index in [0.29, 0.717) is 16.0 Å². The number of carbonyl (C=O) groups is 1. The van der Waals surface area contributed by atoms with Crippen molar-refractivity contribution < 1.29 is 22.7 Å². The molecule has 0 fully saturated rings. The molecule has 1 N–H and O–H groups in total. The molecule has 0 unspecified atom stereocenters. The van der Waals surface area contributed by atoms with Crippen molar-refractivity contribution in [3.8, 4) is 5.75 Å². The van der Waals surface area contributed by atoms with Crippen LogP contribution in [0.1, 0.15) is 16.2 Å². The summed E-state index contributed by atoms with van der Waals surface area (Å²) in [5.41, 5.74) is -0.180. The third-order valence-electron chi connectivity index (χ3n) is 3.73. The number of nitrogens with zero attached hydrogens (tertiary/aromatic N) is 2. The maximum absolute atomic E-state index is 12.4. The first-order valence-electron chi connectivity index (χ1n) is 7.83. The Bertz CT molecular complexity index is 1040. The number of halogens is 3. The van der Waals surface area contributed by atoms with E-state index in [4.69, 9.17) is 0 Å². The number of fused-ring (bicyclic) bond motifs is 1. The van der Waals surface area contributed by atoms with Gasteiger partial charge in [0.25, 0.3) is 11.5 Å². The number of amides is 1. The second-order valence-electron chi connectivity index (χ2n) is 5.59. The first-order chi connectivity index (χ1) is 12.7. The lowest BCUT2D eigenvalue weighted by Crippen LogP contribution is -2.32. The highest BCUT2D eigenvalue weighted by Gasteiger charge is 2.31. The molecular weight excluding hydrogens is 383 g/mol. The Balaban J connectivity index is 1.67. The largest absolute Gasteiger partial charge is 0.573 e. The molecule has 3 rings (SSSR count).